The zero-order valence-electron chi connectivity index (χ0n) is 26.8. The van der Waals surface area contributed by atoms with Crippen LogP contribution in [0, 0.1) is 45.8 Å². The molecular formula is C35H52N2O5. The summed E-state index contributed by atoms with van der Waals surface area (Å²) in [6.45, 7) is 12.4. The second-order valence-corrected chi connectivity index (χ2v) is 14.9. The summed E-state index contributed by atoms with van der Waals surface area (Å²) in [4.78, 5) is 43.8. The fraction of sp³-hybridized carbons (Fsp3) is 0.743. The van der Waals surface area contributed by atoms with E-state index >= 15 is 0 Å². The Kier molecular flexibility index (Phi) is 8.67. The summed E-state index contributed by atoms with van der Waals surface area (Å²) >= 11 is 0. The number of hydrogen-bond donors (Lipinski definition) is 1. The van der Waals surface area contributed by atoms with Crippen LogP contribution in [0.3, 0.4) is 0 Å². The van der Waals surface area contributed by atoms with Gasteiger partial charge in [-0.05, 0) is 81.4 Å². The van der Waals surface area contributed by atoms with Crippen molar-refractivity contribution in [2.75, 3.05) is 27.2 Å². The molecule has 4 fully saturated rings. The summed E-state index contributed by atoms with van der Waals surface area (Å²) in [5.41, 5.74) is -0.236. The zero-order chi connectivity index (χ0) is 30.4. The molecule has 0 spiro atoms. The lowest BCUT2D eigenvalue weighted by atomic mass is 9.43. The topological polar surface area (TPSA) is 84.9 Å². The molecule has 0 radical (unpaired) electrons. The Bertz CT molecular complexity index is 1170. The van der Waals surface area contributed by atoms with E-state index in [2.05, 4.69) is 57.0 Å². The van der Waals surface area contributed by atoms with E-state index in [-0.39, 0.29) is 52.8 Å². The van der Waals surface area contributed by atoms with Crippen LogP contribution >= 0.6 is 0 Å². The molecule has 232 valence electrons. The van der Waals surface area contributed by atoms with Gasteiger partial charge in [0.2, 0.25) is 5.91 Å². The number of alkyl carbamates (subject to hydrolysis) is 1. The fourth-order valence-electron chi connectivity index (χ4n) is 9.79. The van der Waals surface area contributed by atoms with Crippen molar-refractivity contribution >= 4 is 17.8 Å². The highest BCUT2D eigenvalue weighted by molar-refractivity contribution is 5.93. The number of nitrogens with one attached hydrogen (secondary N) is 1. The molecule has 1 N–H and O–H groups in total. The molecule has 3 saturated carbocycles. The second-order valence-electron chi connectivity index (χ2n) is 14.9. The first-order valence-corrected chi connectivity index (χ1v) is 16.2. The molecule has 3 unspecified atom stereocenters. The largest absolute Gasteiger partial charge is 0.445 e. The lowest BCUT2D eigenvalue weighted by Crippen LogP contribution is -2.63. The number of benzene rings is 1. The van der Waals surface area contributed by atoms with Crippen LogP contribution in [0.5, 0.6) is 0 Å². The summed E-state index contributed by atoms with van der Waals surface area (Å²) in [7, 11) is 3.79. The van der Waals surface area contributed by atoms with E-state index in [0.29, 0.717) is 19.4 Å². The van der Waals surface area contributed by atoms with Gasteiger partial charge >= 0.3 is 6.09 Å². The highest BCUT2D eigenvalue weighted by Gasteiger charge is 2.68. The molecule has 1 aromatic rings. The molecule has 10 atom stereocenters. The van der Waals surface area contributed by atoms with Gasteiger partial charge in [-0.15, -0.1) is 0 Å². The average Bonchev–Trinajstić information content (AvgIpc) is 3.36. The first-order chi connectivity index (χ1) is 19.9. The summed E-state index contributed by atoms with van der Waals surface area (Å²) < 4.78 is 12.6. The molecule has 4 aliphatic rings. The van der Waals surface area contributed by atoms with Crippen molar-refractivity contribution in [3.8, 4) is 0 Å². The van der Waals surface area contributed by atoms with E-state index in [9.17, 15) is 14.4 Å². The van der Waals surface area contributed by atoms with Crippen molar-refractivity contribution in [3.05, 3.63) is 35.9 Å². The summed E-state index contributed by atoms with van der Waals surface area (Å²) in [6.07, 6.45) is 4.49. The second kappa shape index (κ2) is 11.7. The Labute approximate surface area is 252 Å². The number of rotatable bonds is 5. The number of amides is 2. The maximum absolute atomic E-state index is 14.7. The normalized spacial score (nSPS) is 42.3. The van der Waals surface area contributed by atoms with Crippen molar-refractivity contribution in [1.82, 2.24) is 10.2 Å². The predicted octanol–water partition coefficient (Wildman–Crippen LogP) is 5.90. The lowest BCUT2D eigenvalue weighted by molar-refractivity contribution is -0.192. The van der Waals surface area contributed by atoms with E-state index in [1.165, 1.54) is 0 Å². The first-order valence-electron chi connectivity index (χ1n) is 16.2. The standard InChI is InChI=1S/C35H52N2O5/c1-22-15-18-37(6)21-26(22)31(39)36-32(40)42-28-20-33(4,19-25-11-9-8-10-12-25)30(38)24(3)35-16-13-23(2)34(28,5)29(35)27(41-7)14-17-35/h8-12,22-24,26-29H,13-21H2,1-7H3,(H,36,39,40)/t22-,23+,24-,26-,27?,28+,29?,33+,34-,35?/m0/s1. The van der Waals surface area contributed by atoms with Crippen LogP contribution in [0.15, 0.2) is 30.3 Å². The third-order valence-corrected chi connectivity index (χ3v) is 12.6. The molecule has 1 aliphatic heterocycles. The number of methoxy groups -OCH3 is 1. The van der Waals surface area contributed by atoms with Gasteiger partial charge in [0.15, 0.2) is 0 Å². The monoisotopic (exact) mass is 580 g/mol. The van der Waals surface area contributed by atoms with Crippen LogP contribution < -0.4 is 5.32 Å². The van der Waals surface area contributed by atoms with Gasteiger partial charge in [-0.1, -0.05) is 65.0 Å². The van der Waals surface area contributed by atoms with Crippen molar-refractivity contribution in [2.45, 2.75) is 91.8 Å². The molecule has 0 aromatic heterocycles. The van der Waals surface area contributed by atoms with Crippen molar-refractivity contribution < 1.29 is 23.9 Å². The van der Waals surface area contributed by atoms with E-state index in [0.717, 1.165) is 44.2 Å². The Morgan fingerprint density at radius 1 is 1.05 bits per heavy atom. The van der Waals surface area contributed by atoms with Gasteiger partial charge in [0.1, 0.15) is 11.9 Å². The third kappa shape index (κ3) is 5.23. The van der Waals surface area contributed by atoms with Gasteiger partial charge in [0.05, 0.1) is 12.0 Å². The van der Waals surface area contributed by atoms with Crippen molar-refractivity contribution in [2.24, 2.45) is 45.8 Å². The number of ketones is 1. The number of carbonyl (C=O) groups excluding carboxylic acids is 3. The van der Waals surface area contributed by atoms with E-state index in [4.69, 9.17) is 9.47 Å². The molecule has 1 aromatic carbocycles. The van der Waals surface area contributed by atoms with Crippen molar-refractivity contribution in [1.29, 1.82) is 0 Å². The number of likely N-dealkylation sites (tertiary alicyclic amines) is 1. The Balaban J connectivity index is 1.52. The van der Waals surface area contributed by atoms with E-state index in [1.54, 1.807) is 7.11 Å². The quantitative estimate of drug-likeness (QED) is 0.467. The minimum atomic E-state index is -0.724. The fourth-order valence-corrected chi connectivity index (χ4v) is 9.79. The molecule has 1 saturated heterocycles. The molecule has 3 aliphatic carbocycles. The molecule has 7 nitrogen and oxygen atoms in total. The van der Waals surface area contributed by atoms with Gasteiger partial charge < -0.3 is 14.4 Å². The number of piperidine rings is 1. The maximum Gasteiger partial charge on any atom is 0.414 e. The van der Waals surface area contributed by atoms with Gasteiger partial charge in [-0.25, -0.2) is 4.79 Å². The molecule has 7 heteroatoms. The Hall–Kier alpha value is -2.25. The van der Waals surface area contributed by atoms with Crippen LogP contribution in [0.1, 0.15) is 78.7 Å². The molecule has 2 amide bonds. The van der Waals surface area contributed by atoms with Crippen LogP contribution in [-0.4, -0.2) is 62.1 Å². The van der Waals surface area contributed by atoms with Gasteiger partial charge in [0, 0.05) is 36.3 Å². The minimum Gasteiger partial charge on any atom is -0.445 e. The van der Waals surface area contributed by atoms with Crippen molar-refractivity contribution in [3.63, 3.8) is 0 Å². The maximum atomic E-state index is 14.7. The number of Topliss-reactive ketones (excluding diaryl/α,β-unsaturated/α-hetero) is 1. The average molecular weight is 581 g/mol. The van der Waals surface area contributed by atoms with E-state index < -0.39 is 23.0 Å². The van der Waals surface area contributed by atoms with E-state index in [1.807, 2.05) is 25.2 Å². The number of nitrogens with zero attached hydrogens (tertiary/aromatic N) is 1. The summed E-state index contributed by atoms with van der Waals surface area (Å²) in [5.74, 6) is 0.143. The smallest absolute Gasteiger partial charge is 0.414 e. The SMILES string of the molecule is COC1CCC23CC[C@@H](C)[C@](C)(C12)[C@H](OC(=O)NC(=O)[C@H]1CN(C)CC[C@@H]1C)C[C@@](C)(Cc1ccccc1)C(=O)[C@@H]3C. The minimum absolute atomic E-state index is 0.000832. The Morgan fingerprint density at radius 3 is 2.43 bits per heavy atom. The number of ether oxygens (including phenoxy) is 2. The van der Waals surface area contributed by atoms with Crippen LogP contribution in [0.4, 0.5) is 4.79 Å². The Morgan fingerprint density at radius 2 is 1.74 bits per heavy atom. The predicted molar refractivity (Wildman–Crippen MR) is 163 cm³/mol. The van der Waals surface area contributed by atoms with Crippen LogP contribution in [0.2, 0.25) is 0 Å². The summed E-state index contributed by atoms with van der Waals surface area (Å²) in [6, 6.07) is 10.2. The number of carbonyl (C=O) groups is 3. The zero-order valence-corrected chi connectivity index (χ0v) is 26.8. The van der Waals surface area contributed by atoms with Gasteiger partial charge in [-0.2, -0.15) is 0 Å². The molecule has 5 rings (SSSR count). The van der Waals surface area contributed by atoms with Crippen LogP contribution in [-0.2, 0) is 25.5 Å². The molecule has 42 heavy (non-hydrogen) atoms. The highest BCUT2D eigenvalue weighted by atomic mass is 16.6. The number of imide groups is 1. The third-order valence-electron chi connectivity index (χ3n) is 12.6. The lowest BCUT2D eigenvalue weighted by Gasteiger charge is -2.61. The first kappa shape index (κ1) is 31.2. The molecular weight excluding hydrogens is 528 g/mol. The van der Waals surface area contributed by atoms with Gasteiger partial charge in [0.25, 0.3) is 0 Å². The highest BCUT2D eigenvalue weighted by Crippen LogP contribution is 2.68. The van der Waals surface area contributed by atoms with Gasteiger partial charge in [-0.3, -0.25) is 14.9 Å². The van der Waals surface area contributed by atoms with Crippen LogP contribution in [0.25, 0.3) is 0 Å². The summed E-state index contributed by atoms with van der Waals surface area (Å²) in [5, 5.41) is 2.63. The number of hydrogen-bond acceptors (Lipinski definition) is 6. The molecule has 1 heterocycles. The molecule has 2 bridgehead atoms.